The average Bonchev–Trinajstić information content (AvgIpc) is 2.95. The fourth-order valence-corrected chi connectivity index (χ4v) is 4.30. The van der Waals surface area contributed by atoms with Gasteiger partial charge in [0.2, 0.25) is 0 Å². The van der Waals surface area contributed by atoms with E-state index in [0.717, 1.165) is 48.9 Å². The molecule has 0 saturated carbocycles. The number of hydrogen-bond acceptors (Lipinski definition) is 8. The number of morpholine rings is 1. The van der Waals surface area contributed by atoms with Crippen LogP contribution in [0.15, 0.2) is 42.6 Å². The van der Waals surface area contributed by atoms with Crippen molar-refractivity contribution in [3.8, 4) is 11.8 Å². The summed E-state index contributed by atoms with van der Waals surface area (Å²) in [5.74, 6) is 6.67. The lowest BCUT2D eigenvalue weighted by Gasteiger charge is -2.36. The molecule has 1 aromatic carbocycles. The molecule has 0 aliphatic carbocycles. The van der Waals surface area contributed by atoms with Crippen molar-refractivity contribution < 1.29 is 24.5 Å². The number of aromatic nitrogens is 1. The van der Waals surface area contributed by atoms with Crippen molar-refractivity contribution in [1.82, 2.24) is 15.2 Å². The monoisotopic (exact) mass is 507 g/mol. The largest absolute Gasteiger partial charge is 0.391 e. The second-order valence-electron chi connectivity index (χ2n) is 9.07. The van der Waals surface area contributed by atoms with Crippen molar-refractivity contribution in [1.29, 1.82) is 0 Å². The molecular weight excluding hydrogens is 474 g/mol. The number of amides is 2. The number of ketones is 1. The van der Waals surface area contributed by atoms with E-state index in [1.54, 1.807) is 11.1 Å². The number of Topliss-reactive ketones (excluding diaryl/α,β-unsaturated/α-hetero) is 1. The van der Waals surface area contributed by atoms with Gasteiger partial charge in [0, 0.05) is 62.3 Å². The van der Waals surface area contributed by atoms with Gasteiger partial charge < -0.3 is 35.0 Å². The number of piperazine rings is 1. The van der Waals surface area contributed by atoms with Gasteiger partial charge in [-0.2, -0.15) is 0 Å². The number of aliphatic hydroxyl groups is 2. The molecule has 2 fully saturated rings. The van der Waals surface area contributed by atoms with E-state index in [-0.39, 0.29) is 0 Å². The number of ether oxygens (including phenoxy) is 1. The summed E-state index contributed by atoms with van der Waals surface area (Å²) in [4.78, 5) is 34.8. The SMILES string of the molecule is C[C@H](O)[C@@H](NC(=O)N1CCN(c2ccc(C#Cc3ccc(N4CCOCC4)nc3)cc2)CC1)C(=O)CO. The van der Waals surface area contributed by atoms with E-state index >= 15 is 0 Å². The van der Waals surface area contributed by atoms with Gasteiger partial charge in [0.15, 0.2) is 5.78 Å². The molecule has 1 aromatic heterocycles. The van der Waals surface area contributed by atoms with Crippen molar-refractivity contribution in [3.05, 3.63) is 53.7 Å². The minimum Gasteiger partial charge on any atom is -0.391 e. The Labute approximate surface area is 216 Å². The number of rotatable bonds is 6. The van der Waals surface area contributed by atoms with E-state index in [4.69, 9.17) is 9.84 Å². The van der Waals surface area contributed by atoms with Gasteiger partial charge in [0.25, 0.3) is 0 Å². The quantitative estimate of drug-likeness (QED) is 0.483. The lowest BCUT2D eigenvalue weighted by atomic mass is 10.1. The Morgan fingerprint density at radius 2 is 1.62 bits per heavy atom. The molecular formula is C27H33N5O5. The van der Waals surface area contributed by atoms with Crippen LogP contribution >= 0.6 is 0 Å². The Kier molecular flexibility index (Phi) is 8.95. The molecule has 2 aliphatic heterocycles. The number of urea groups is 1. The normalized spacial score (nSPS) is 17.4. The molecule has 10 nitrogen and oxygen atoms in total. The molecule has 4 rings (SSSR count). The molecule has 2 amide bonds. The van der Waals surface area contributed by atoms with Crippen LogP contribution in [0.1, 0.15) is 18.1 Å². The second kappa shape index (κ2) is 12.5. The van der Waals surface area contributed by atoms with E-state index in [0.29, 0.717) is 26.2 Å². The summed E-state index contributed by atoms with van der Waals surface area (Å²) >= 11 is 0. The third-order valence-corrected chi connectivity index (χ3v) is 6.50. The van der Waals surface area contributed by atoms with Gasteiger partial charge in [-0.05, 0) is 43.3 Å². The first-order valence-electron chi connectivity index (χ1n) is 12.5. The minimum atomic E-state index is -1.12. The first-order chi connectivity index (χ1) is 17.9. The summed E-state index contributed by atoms with van der Waals surface area (Å²) in [7, 11) is 0. The smallest absolute Gasteiger partial charge is 0.318 e. The fraction of sp³-hybridized carbons (Fsp3) is 0.444. The predicted octanol–water partition coefficient (Wildman–Crippen LogP) is 0.460. The molecule has 2 saturated heterocycles. The fourth-order valence-electron chi connectivity index (χ4n) is 4.30. The zero-order valence-electron chi connectivity index (χ0n) is 21.0. The Balaban J connectivity index is 1.28. The van der Waals surface area contributed by atoms with Gasteiger partial charge in [-0.1, -0.05) is 11.8 Å². The molecule has 0 radical (unpaired) electrons. The number of carbonyl (C=O) groups is 2. The van der Waals surface area contributed by atoms with Gasteiger partial charge >= 0.3 is 6.03 Å². The lowest BCUT2D eigenvalue weighted by molar-refractivity contribution is -0.125. The van der Waals surface area contributed by atoms with Crippen LogP contribution in [-0.4, -0.2) is 103 Å². The molecule has 37 heavy (non-hydrogen) atoms. The molecule has 2 atom stereocenters. The molecule has 2 aliphatic rings. The van der Waals surface area contributed by atoms with Crippen molar-refractivity contribution in [2.75, 3.05) is 68.9 Å². The van der Waals surface area contributed by atoms with Gasteiger partial charge in [-0.15, -0.1) is 0 Å². The van der Waals surface area contributed by atoms with Gasteiger partial charge in [-0.3, -0.25) is 4.79 Å². The Hall–Kier alpha value is -3.65. The van der Waals surface area contributed by atoms with E-state index < -0.39 is 30.6 Å². The summed E-state index contributed by atoms with van der Waals surface area (Å²) in [5.41, 5.74) is 2.80. The molecule has 0 bridgehead atoms. The highest BCUT2D eigenvalue weighted by molar-refractivity contribution is 5.89. The topological polar surface area (TPSA) is 118 Å². The number of hydrogen-bond donors (Lipinski definition) is 3. The first kappa shape index (κ1) is 26.4. The third kappa shape index (κ3) is 6.98. The highest BCUT2D eigenvalue weighted by Gasteiger charge is 2.28. The van der Waals surface area contributed by atoms with Crippen LogP contribution in [0, 0.1) is 11.8 Å². The average molecular weight is 508 g/mol. The zero-order chi connectivity index (χ0) is 26.2. The Morgan fingerprint density at radius 3 is 2.22 bits per heavy atom. The summed E-state index contributed by atoms with van der Waals surface area (Å²) in [6, 6.07) is 10.4. The van der Waals surface area contributed by atoms with Crippen molar-refractivity contribution in [2.24, 2.45) is 0 Å². The van der Waals surface area contributed by atoms with Crippen LogP contribution in [0.4, 0.5) is 16.3 Å². The number of benzene rings is 1. The van der Waals surface area contributed by atoms with E-state index in [9.17, 15) is 14.7 Å². The molecule has 196 valence electrons. The number of aliphatic hydroxyl groups excluding tert-OH is 2. The predicted molar refractivity (Wildman–Crippen MR) is 140 cm³/mol. The number of anilines is 2. The van der Waals surface area contributed by atoms with Crippen molar-refractivity contribution in [2.45, 2.75) is 19.1 Å². The van der Waals surface area contributed by atoms with Crippen LogP contribution in [0.3, 0.4) is 0 Å². The summed E-state index contributed by atoms with van der Waals surface area (Å²) in [5, 5.41) is 21.3. The minimum absolute atomic E-state index is 0.426. The standard InChI is InChI=1S/C27H33N5O5/c1-20(34)26(24(35)19-33)29-27(36)32-12-10-30(11-13-32)23-7-4-21(5-8-23)2-3-22-6-9-25(28-18-22)31-14-16-37-17-15-31/h4-9,18,20,26,33-34H,10-17,19H2,1H3,(H,29,36)/t20-,26+/m0/s1. The van der Waals surface area contributed by atoms with Crippen LogP contribution in [-0.2, 0) is 9.53 Å². The molecule has 0 spiro atoms. The van der Waals surface area contributed by atoms with E-state index in [2.05, 4.69) is 31.9 Å². The van der Waals surface area contributed by atoms with E-state index in [1.165, 1.54) is 6.92 Å². The Morgan fingerprint density at radius 1 is 0.973 bits per heavy atom. The van der Waals surface area contributed by atoms with Gasteiger partial charge in [0.1, 0.15) is 18.5 Å². The molecule has 0 unspecified atom stereocenters. The van der Waals surface area contributed by atoms with Gasteiger partial charge in [0.05, 0.1) is 19.3 Å². The van der Waals surface area contributed by atoms with Crippen molar-refractivity contribution >= 4 is 23.3 Å². The summed E-state index contributed by atoms with van der Waals surface area (Å²) in [6.07, 6.45) is 0.711. The molecule has 2 aromatic rings. The number of nitrogens with zero attached hydrogens (tertiary/aromatic N) is 4. The zero-order valence-corrected chi connectivity index (χ0v) is 21.0. The molecule has 10 heteroatoms. The van der Waals surface area contributed by atoms with Crippen LogP contribution in [0.5, 0.6) is 0 Å². The van der Waals surface area contributed by atoms with Crippen LogP contribution in [0.25, 0.3) is 0 Å². The number of pyridine rings is 1. The van der Waals surface area contributed by atoms with E-state index in [1.807, 2.05) is 36.4 Å². The third-order valence-electron chi connectivity index (χ3n) is 6.50. The maximum absolute atomic E-state index is 12.5. The van der Waals surface area contributed by atoms with Crippen molar-refractivity contribution in [3.63, 3.8) is 0 Å². The second-order valence-corrected chi connectivity index (χ2v) is 9.07. The molecule has 3 heterocycles. The maximum atomic E-state index is 12.5. The summed E-state index contributed by atoms with van der Waals surface area (Å²) < 4.78 is 5.39. The number of nitrogens with one attached hydrogen (secondary N) is 1. The Bertz CT molecular complexity index is 1110. The van der Waals surface area contributed by atoms with Crippen LogP contribution < -0.4 is 15.1 Å². The lowest BCUT2D eigenvalue weighted by Crippen LogP contribution is -2.57. The summed E-state index contributed by atoms with van der Waals surface area (Å²) in [6.45, 7) is 6.03. The number of carbonyl (C=O) groups excluding carboxylic acids is 2. The first-order valence-corrected chi connectivity index (χ1v) is 12.5. The van der Waals surface area contributed by atoms with Crippen LogP contribution in [0.2, 0.25) is 0 Å². The van der Waals surface area contributed by atoms with Gasteiger partial charge in [-0.25, -0.2) is 9.78 Å². The highest BCUT2D eigenvalue weighted by Crippen LogP contribution is 2.18. The highest BCUT2D eigenvalue weighted by atomic mass is 16.5. The maximum Gasteiger partial charge on any atom is 0.318 e. The molecule has 3 N–H and O–H groups in total.